The first kappa shape index (κ1) is 14.0. The molecule has 1 aromatic rings. The molecular weight excluding hydrogens is 232 g/mol. The minimum Gasteiger partial charge on any atom is -0.300 e. The highest BCUT2D eigenvalue weighted by Crippen LogP contribution is 2.26. The second kappa shape index (κ2) is 6.61. The van der Waals surface area contributed by atoms with Crippen molar-refractivity contribution in [3.63, 3.8) is 0 Å². The fourth-order valence-corrected chi connectivity index (χ4v) is 2.02. The number of benzene rings is 1. The molecule has 0 amide bonds. The molecule has 0 radical (unpaired) electrons. The number of carbonyl (C=O) groups is 1. The lowest BCUT2D eigenvalue weighted by Gasteiger charge is -2.11. The Hall–Kier alpha value is -1.08. The van der Waals surface area contributed by atoms with Gasteiger partial charge in [-0.05, 0) is 55.5 Å². The van der Waals surface area contributed by atoms with Crippen molar-refractivity contribution in [1.82, 2.24) is 0 Å². The Kier molecular flexibility index (Phi) is 5.43. The zero-order valence-corrected chi connectivity index (χ0v) is 11.5. The molecule has 0 atom stereocenters. The van der Waals surface area contributed by atoms with Crippen LogP contribution in [0.25, 0.3) is 5.57 Å². The van der Waals surface area contributed by atoms with E-state index in [1.807, 2.05) is 18.2 Å². The summed E-state index contributed by atoms with van der Waals surface area (Å²) in [6.45, 7) is 5.81. The number of allylic oxidation sites excluding steroid dienone is 2. The van der Waals surface area contributed by atoms with Gasteiger partial charge in [0.25, 0.3) is 0 Å². The van der Waals surface area contributed by atoms with Crippen molar-refractivity contribution < 1.29 is 4.79 Å². The first-order chi connectivity index (χ1) is 8.04. The van der Waals surface area contributed by atoms with Gasteiger partial charge in [-0.15, -0.1) is 0 Å². The van der Waals surface area contributed by atoms with Crippen LogP contribution in [0.15, 0.2) is 24.3 Å². The summed E-state index contributed by atoms with van der Waals surface area (Å²) >= 11 is 6.03. The zero-order valence-electron chi connectivity index (χ0n) is 10.7. The highest BCUT2D eigenvalue weighted by Gasteiger charge is 2.07. The van der Waals surface area contributed by atoms with E-state index in [9.17, 15) is 4.79 Å². The van der Waals surface area contributed by atoms with Gasteiger partial charge in [-0.1, -0.05) is 30.7 Å². The molecular formula is C15H19ClO. The summed E-state index contributed by atoms with van der Waals surface area (Å²) in [6, 6.07) is 5.91. The minimum atomic E-state index is 0.228. The average Bonchev–Trinajstić information content (AvgIpc) is 2.27. The minimum absolute atomic E-state index is 0.228. The molecule has 0 unspecified atom stereocenters. The predicted octanol–water partition coefficient (Wildman–Crippen LogP) is 4.81. The lowest BCUT2D eigenvalue weighted by atomic mass is 9.95. The molecule has 92 valence electrons. The van der Waals surface area contributed by atoms with Gasteiger partial charge in [0.15, 0.2) is 0 Å². The highest BCUT2D eigenvalue weighted by molar-refractivity contribution is 6.30. The van der Waals surface area contributed by atoms with E-state index in [1.165, 1.54) is 16.7 Å². The Balaban J connectivity index is 3.01. The van der Waals surface area contributed by atoms with Crippen LogP contribution in [0.1, 0.15) is 44.2 Å². The van der Waals surface area contributed by atoms with Gasteiger partial charge in [0.1, 0.15) is 5.78 Å². The van der Waals surface area contributed by atoms with E-state index < -0.39 is 0 Å². The Morgan fingerprint density at radius 3 is 2.65 bits per heavy atom. The third-order valence-corrected chi connectivity index (χ3v) is 2.98. The van der Waals surface area contributed by atoms with Crippen molar-refractivity contribution >= 4 is 23.0 Å². The highest BCUT2D eigenvalue weighted by atomic mass is 35.5. The number of aryl methyl sites for hydroxylation is 1. The van der Waals surface area contributed by atoms with Gasteiger partial charge in [0.2, 0.25) is 0 Å². The van der Waals surface area contributed by atoms with Crippen molar-refractivity contribution in [3.8, 4) is 0 Å². The van der Waals surface area contributed by atoms with Gasteiger partial charge in [0.05, 0.1) is 0 Å². The summed E-state index contributed by atoms with van der Waals surface area (Å²) < 4.78 is 0. The summed E-state index contributed by atoms with van der Waals surface area (Å²) in [5.41, 5.74) is 3.60. The van der Waals surface area contributed by atoms with Crippen molar-refractivity contribution in [2.75, 3.05) is 0 Å². The van der Waals surface area contributed by atoms with Crippen LogP contribution >= 0.6 is 11.6 Å². The SMILES string of the molecule is CC/C=C(/CCC(C)=O)c1cc(Cl)ccc1C. The molecule has 0 saturated heterocycles. The summed E-state index contributed by atoms with van der Waals surface area (Å²) in [7, 11) is 0. The predicted molar refractivity (Wildman–Crippen MR) is 74.4 cm³/mol. The second-order valence-electron chi connectivity index (χ2n) is 4.30. The van der Waals surface area contributed by atoms with Crippen molar-refractivity contribution in [2.24, 2.45) is 0 Å². The molecule has 0 aromatic heterocycles. The Bertz CT molecular complexity index is 433. The van der Waals surface area contributed by atoms with Gasteiger partial charge < -0.3 is 4.79 Å². The van der Waals surface area contributed by atoms with Crippen LogP contribution in [0.3, 0.4) is 0 Å². The fraction of sp³-hybridized carbons (Fsp3) is 0.400. The number of hydrogen-bond acceptors (Lipinski definition) is 1. The van der Waals surface area contributed by atoms with E-state index in [0.717, 1.165) is 17.9 Å². The fourth-order valence-electron chi connectivity index (χ4n) is 1.84. The maximum absolute atomic E-state index is 11.1. The molecule has 2 heteroatoms. The summed E-state index contributed by atoms with van der Waals surface area (Å²) in [5.74, 6) is 0.228. The smallest absolute Gasteiger partial charge is 0.130 e. The van der Waals surface area contributed by atoms with Gasteiger partial charge in [-0.2, -0.15) is 0 Å². The van der Waals surface area contributed by atoms with E-state index in [1.54, 1.807) is 6.92 Å². The van der Waals surface area contributed by atoms with Gasteiger partial charge >= 0.3 is 0 Å². The number of rotatable bonds is 5. The van der Waals surface area contributed by atoms with Gasteiger partial charge in [0, 0.05) is 11.4 Å². The maximum Gasteiger partial charge on any atom is 0.130 e. The molecule has 0 fully saturated rings. The monoisotopic (exact) mass is 250 g/mol. The maximum atomic E-state index is 11.1. The van der Waals surface area contributed by atoms with E-state index in [4.69, 9.17) is 11.6 Å². The molecule has 0 aliphatic rings. The summed E-state index contributed by atoms with van der Waals surface area (Å²) in [6.07, 6.45) is 4.54. The van der Waals surface area contributed by atoms with Crippen LogP contribution in [0.2, 0.25) is 5.02 Å². The van der Waals surface area contributed by atoms with Gasteiger partial charge in [-0.3, -0.25) is 0 Å². The van der Waals surface area contributed by atoms with Crippen LogP contribution < -0.4 is 0 Å². The van der Waals surface area contributed by atoms with E-state index in [-0.39, 0.29) is 5.78 Å². The van der Waals surface area contributed by atoms with E-state index in [2.05, 4.69) is 19.9 Å². The Morgan fingerprint density at radius 1 is 1.35 bits per heavy atom. The topological polar surface area (TPSA) is 17.1 Å². The molecule has 0 saturated carbocycles. The third-order valence-electron chi connectivity index (χ3n) is 2.74. The standard InChI is InChI=1S/C15H19ClO/c1-4-5-13(8-7-12(3)17)15-10-14(16)9-6-11(15)2/h5-6,9-10H,4,7-8H2,1-3H3/b13-5-. The number of hydrogen-bond donors (Lipinski definition) is 0. The Labute approximate surface area is 108 Å². The van der Waals surface area contributed by atoms with Gasteiger partial charge in [-0.25, -0.2) is 0 Å². The first-order valence-corrected chi connectivity index (χ1v) is 6.37. The molecule has 0 bridgehead atoms. The number of halogens is 1. The van der Waals surface area contributed by atoms with Crippen molar-refractivity contribution in [2.45, 2.75) is 40.0 Å². The van der Waals surface area contributed by atoms with Crippen LogP contribution in [-0.2, 0) is 4.79 Å². The second-order valence-corrected chi connectivity index (χ2v) is 4.74. The Morgan fingerprint density at radius 2 is 2.06 bits per heavy atom. The molecule has 0 spiro atoms. The average molecular weight is 251 g/mol. The van der Waals surface area contributed by atoms with Crippen molar-refractivity contribution in [3.05, 3.63) is 40.4 Å². The molecule has 0 aliphatic heterocycles. The van der Waals surface area contributed by atoms with Crippen LogP contribution in [0.5, 0.6) is 0 Å². The summed E-state index contributed by atoms with van der Waals surface area (Å²) in [4.78, 5) is 11.1. The third kappa shape index (κ3) is 4.35. The van der Waals surface area contributed by atoms with E-state index in [0.29, 0.717) is 6.42 Å². The van der Waals surface area contributed by atoms with Crippen LogP contribution in [0, 0.1) is 6.92 Å². The molecule has 0 N–H and O–H groups in total. The van der Waals surface area contributed by atoms with E-state index >= 15 is 0 Å². The number of ketones is 1. The lowest BCUT2D eigenvalue weighted by Crippen LogP contribution is -1.94. The first-order valence-electron chi connectivity index (χ1n) is 5.99. The molecule has 1 rings (SSSR count). The normalized spacial score (nSPS) is 11.6. The van der Waals surface area contributed by atoms with Crippen LogP contribution in [-0.4, -0.2) is 5.78 Å². The lowest BCUT2D eigenvalue weighted by molar-refractivity contribution is -0.116. The quantitative estimate of drug-likeness (QED) is 0.733. The molecule has 0 heterocycles. The molecule has 1 nitrogen and oxygen atoms in total. The summed E-state index contributed by atoms with van der Waals surface area (Å²) in [5, 5.41) is 0.746. The van der Waals surface area contributed by atoms with Crippen molar-refractivity contribution in [1.29, 1.82) is 0 Å². The molecule has 0 aliphatic carbocycles. The number of Topliss-reactive ketones (excluding diaryl/α,β-unsaturated/α-hetero) is 1. The molecule has 17 heavy (non-hydrogen) atoms. The van der Waals surface area contributed by atoms with Crippen LogP contribution in [0.4, 0.5) is 0 Å². The zero-order chi connectivity index (χ0) is 12.8. The largest absolute Gasteiger partial charge is 0.300 e. The number of carbonyl (C=O) groups excluding carboxylic acids is 1. The molecule has 1 aromatic carbocycles.